The van der Waals surface area contributed by atoms with Crippen LogP contribution in [-0.2, 0) is 16.1 Å². The average Bonchev–Trinajstić information content (AvgIpc) is 2.54. The van der Waals surface area contributed by atoms with Gasteiger partial charge in [-0.3, -0.25) is 14.6 Å². The Morgan fingerprint density at radius 2 is 1.95 bits per heavy atom. The van der Waals surface area contributed by atoms with Crippen molar-refractivity contribution in [2.75, 3.05) is 0 Å². The topological polar surface area (TPSA) is 68.3 Å². The number of benzene rings is 1. The smallest absolute Gasteiger partial charge is 0.308 e. The average molecular weight is 298 g/mol. The number of nitrogens with one attached hydrogen (secondary N) is 1. The van der Waals surface area contributed by atoms with E-state index in [1.54, 1.807) is 49.6 Å². The molecule has 22 heavy (non-hydrogen) atoms. The molecule has 0 saturated carbocycles. The Hall–Kier alpha value is -2.69. The molecule has 0 aliphatic heterocycles. The van der Waals surface area contributed by atoms with E-state index in [0.717, 1.165) is 5.56 Å². The first-order valence-electron chi connectivity index (χ1n) is 7.05. The van der Waals surface area contributed by atoms with E-state index in [1.807, 2.05) is 12.1 Å². The summed E-state index contributed by atoms with van der Waals surface area (Å²) in [6.07, 6.45) is 3.43. The standard InChI is InChI=1S/C17H18N2O3/c1-13(19-17(21)15-7-3-2-4-8-15)10-16(20)22-12-14-6-5-9-18-11-14/h2-9,11,13H,10,12H2,1H3,(H,19,21). The van der Waals surface area contributed by atoms with Crippen LogP contribution in [-0.4, -0.2) is 22.9 Å². The fraction of sp³-hybridized carbons (Fsp3) is 0.235. The summed E-state index contributed by atoms with van der Waals surface area (Å²) in [7, 11) is 0. The van der Waals surface area contributed by atoms with E-state index in [-0.39, 0.29) is 30.9 Å². The molecule has 0 aliphatic rings. The zero-order chi connectivity index (χ0) is 15.8. The van der Waals surface area contributed by atoms with Gasteiger partial charge in [-0.25, -0.2) is 0 Å². The first-order chi connectivity index (χ1) is 10.6. The highest BCUT2D eigenvalue weighted by atomic mass is 16.5. The Balaban J connectivity index is 1.75. The van der Waals surface area contributed by atoms with Crippen LogP contribution >= 0.6 is 0 Å². The maximum Gasteiger partial charge on any atom is 0.308 e. The number of ether oxygens (including phenoxy) is 1. The molecular weight excluding hydrogens is 280 g/mol. The molecule has 1 heterocycles. The molecule has 0 spiro atoms. The lowest BCUT2D eigenvalue weighted by Gasteiger charge is -2.13. The van der Waals surface area contributed by atoms with Crippen molar-refractivity contribution in [3.05, 3.63) is 66.0 Å². The maximum absolute atomic E-state index is 11.9. The van der Waals surface area contributed by atoms with Crippen molar-refractivity contribution in [1.82, 2.24) is 10.3 Å². The second kappa shape index (κ2) is 7.93. The molecule has 1 aromatic carbocycles. The minimum Gasteiger partial charge on any atom is -0.461 e. The highest BCUT2D eigenvalue weighted by Crippen LogP contribution is 2.03. The van der Waals surface area contributed by atoms with Crippen molar-refractivity contribution in [2.24, 2.45) is 0 Å². The van der Waals surface area contributed by atoms with Gasteiger partial charge < -0.3 is 10.1 Å². The molecule has 2 rings (SSSR count). The Morgan fingerprint density at radius 1 is 1.18 bits per heavy atom. The Kier molecular flexibility index (Phi) is 5.65. The number of pyridine rings is 1. The highest BCUT2D eigenvalue weighted by Gasteiger charge is 2.14. The number of carbonyl (C=O) groups is 2. The third-order valence-electron chi connectivity index (χ3n) is 3.01. The van der Waals surface area contributed by atoms with Gasteiger partial charge in [0.25, 0.3) is 5.91 Å². The van der Waals surface area contributed by atoms with Crippen molar-refractivity contribution in [3.63, 3.8) is 0 Å². The summed E-state index contributed by atoms with van der Waals surface area (Å²) in [6, 6.07) is 12.2. The van der Waals surface area contributed by atoms with Crippen molar-refractivity contribution < 1.29 is 14.3 Å². The number of hydrogen-bond donors (Lipinski definition) is 1. The molecule has 0 aliphatic carbocycles. The normalized spacial score (nSPS) is 11.5. The van der Waals surface area contributed by atoms with Gasteiger partial charge in [-0.15, -0.1) is 0 Å². The van der Waals surface area contributed by atoms with Gasteiger partial charge >= 0.3 is 5.97 Å². The third-order valence-corrected chi connectivity index (χ3v) is 3.01. The van der Waals surface area contributed by atoms with Gasteiger partial charge in [-0.2, -0.15) is 0 Å². The molecule has 1 aromatic heterocycles. The van der Waals surface area contributed by atoms with E-state index in [2.05, 4.69) is 10.3 Å². The minimum atomic E-state index is -0.357. The Labute approximate surface area is 129 Å². The second-order valence-electron chi connectivity index (χ2n) is 4.97. The van der Waals surface area contributed by atoms with Gasteiger partial charge in [0.1, 0.15) is 6.61 Å². The van der Waals surface area contributed by atoms with Crippen molar-refractivity contribution in [1.29, 1.82) is 0 Å². The monoisotopic (exact) mass is 298 g/mol. The lowest BCUT2D eigenvalue weighted by molar-refractivity contribution is -0.145. The summed E-state index contributed by atoms with van der Waals surface area (Å²) in [4.78, 5) is 27.6. The van der Waals surface area contributed by atoms with E-state index < -0.39 is 0 Å². The van der Waals surface area contributed by atoms with E-state index in [1.165, 1.54) is 0 Å². The zero-order valence-corrected chi connectivity index (χ0v) is 12.4. The fourth-order valence-corrected chi connectivity index (χ4v) is 1.90. The summed E-state index contributed by atoms with van der Waals surface area (Å²) in [6.45, 7) is 1.96. The quantitative estimate of drug-likeness (QED) is 0.831. The van der Waals surface area contributed by atoms with E-state index in [9.17, 15) is 9.59 Å². The summed E-state index contributed by atoms with van der Waals surface area (Å²) in [5.41, 5.74) is 1.40. The first kappa shape index (κ1) is 15.7. The van der Waals surface area contributed by atoms with Crippen LogP contribution in [0.1, 0.15) is 29.3 Å². The van der Waals surface area contributed by atoms with Crippen LogP contribution in [0.25, 0.3) is 0 Å². The van der Waals surface area contributed by atoms with E-state index >= 15 is 0 Å². The van der Waals surface area contributed by atoms with Crippen LogP contribution in [0.2, 0.25) is 0 Å². The van der Waals surface area contributed by atoms with Gasteiger partial charge in [0.15, 0.2) is 0 Å². The van der Waals surface area contributed by atoms with Gasteiger partial charge in [0.05, 0.1) is 6.42 Å². The van der Waals surface area contributed by atoms with Crippen LogP contribution in [0.3, 0.4) is 0 Å². The minimum absolute atomic E-state index is 0.124. The molecule has 5 nitrogen and oxygen atoms in total. The molecular formula is C17H18N2O3. The number of amides is 1. The lowest BCUT2D eigenvalue weighted by atomic mass is 10.2. The Bertz CT molecular complexity index is 614. The van der Waals surface area contributed by atoms with Gasteiger partial charge in [-0.1, -0.05) is 24.3 Å². The second-order valence-corrected chi connectivity index (χ2v) is 4.97. The van der Waals surface area contributed by atoms with Crippen molar-refractivity contribution in [3.8, 4) is 0 Å². The van der Waals surface area contributed by atoms with Crippen LogP contribution in [0.15, 0.2) is 54.9 Å². The largest absolute Gasteiger partial charge is 0.461 e. The molecule has 0 radical (unpaired) electrons. The molecule has 0 saturated heterocycles. The molecule has 2 aromatic rings. The lowest BCUT2D eigenvalue weighted by Crippen LogP contribution is -2.34. The zero-order valence-electron chi connectivity index (χ0n) is 12.4. The molecule has 1 amide bonds. The highest BCUT2D eigenvalue weighted by molar-refractivity contribution is 5.94. The molecule has 114 valence electrons. The molecule has 5 heteroatoms. The van der Waals surface area contributed by atoms with Crippen LogP contribution in [0.5, 0.6) is 0 Å². The molecule has 1 unspecified atom stereocenters. The van der Waals surface area contributed by atoms with E-state index in [4.69, 9.17) is 4.74 Å². The van der Waals surface area contributed by atoms with Crippen LogP contribution in [0.4, 0.5) is 0 Å². The Morgan fingerprint density at radius 3 is 2.64 bits per heavy atom. The maximum atomic E-state index is 11.9. The third kappa shape index (κ3) is 5.01. The van der Waals surface area contributed by atoms with Crippen molar-refractivity contribution >= 4 is 11.9 Å². The first-order valence-corrected chi connectivity index (χ1v) is 7.05. The summed E-state index contributed by atoms with van der Waals surface area (Å²) in [5, 5.41) is 2.77. The number of carbonyl (C=O) groups excluding carboxylic acids is 2. The van der Waals surface area contributed by atoms with Gasteiger partial charge in [0.2, 0.25) is 0 Å². The van der Waals surface area contributed by atoms with Gasteiger partial charge in [-0.05, 0) is 25.1 Å². The summed E-state index contributed by atoms with van der Waals surface area (Å²) >= 11 is 0. The molecule has 0 bridgehead atoms. The molecule has 1 N–H and O–H groups in total. The number of rotatable bonds is 6. The molecule has 0 fully saturated rings. The number of nitrogens with zero attached hydrogens (tertiary/aromatic N) is 1. The summed E-state index contributed by atoms with van der Waals surface area (Å²) in [5.74, 6) is -0.558. The summed E-state index contributed by atoms with van der Waals surface area (Å²) < 4.78 is 5.16. The SMILES string of the molecule is CC(CC(=O)OCc1cccnc1)NC(=O)c1ccccc1. The van der Waals surface area contributed by atoms with Crippen molar-refractivity contribution in [2.45, 2.75) is 26.0 Å². The molecule has 1 atom stereocenters. The van der Waals surface area contributed by atoms with Crippen LogP contribution < -0.4 is 5.32 Å². The van der Waals surface area contributed by atoms with Crippen LogP contribution in [0, 0.1) is 0 Å². The number of aromatic nitrogens is 1. The van der Waals surface area contributed by atoms with E-state index in [0.29, 0.717) is 5.56 Å². The predicted molar refractivity (Wildman–Crippen MR) is 82.0 cm³/mol. The number of hydrogen-bond acceptors (Lipinski definition) is 4. The fourth-order valence-electron chi connectivity index (χ4n) is 1.90. The predicted octanol–water partition coefficient (Wildman–Crippen LogP) is 2.33. The number of esters is 1. The van der Waals surface area contributed by atoms with Gasteiger partial charge in [0, 0.05) is 29.6 Å².